The van der Waals surface area contributed by atoms with Crippen LogP contribution in [-0.4, -0.2) is 47.6 Å². The summed E-state index contributed by atoms with van der Waals surface area (Å²) in [4.78, 5) is 11.4. The van der Waals surface area contributed by atoms with E-state index < -0.39 is 11.5 Å². The minimum Gasteiger partial charge on any atom is -0.480 e. The van der Waals surface area contributed by atoms with E-state index in [1.54, 1.807) is 6.92 Å². The van der Waals surface area contributed by atoms with Crippen LogP contribution in [0.1, 0.15) is 53.9 Å². The van der Waals surface area contributed by atoms with Gasteiger partial charge in [-0.3, -0.25) is 10.1 Å². The molecule has 5 nitrogen and oxygen atoms in total. The minimum absolute atomic E-state index is 0.120. The molecule has 0 aromatic carbocycles. The molecule has 0 amide bonds. The number of carboxylic acids is 1. The van der Waals surface area contributed by atoms with Crippen LogP contribution in [0.5, 0.6) is 0 Å². The first kappa shape index (κ1) is 17.4. The Balaban J connectivity index is 2.30. The SMILES string of the molecule is CC(CC(C)(NC1CC1)C(=O)O)OCCOC(C)(C)C. The number of rotatable bonds is 9. The molecule has 0 aromatic heterocycles. The van der Waals surface area contributed by atoms with Gasteiger partial charge in [-0.1, -0.05) is 0 Å². The molecule has 0 radical (unpaired) electrons. The quantitative estimate of drug-likeness (QED) is 0.636. The van der Waals surface area contributed by atoms with Gasteiger partial charge in [-0.2, -0.15) is 0 Å². The molecule has 2 N–H and O–H groups in total. The summed E-state index contributed by atoms with van der Waals surface area (Å²) in [7, 11) is 0. The lowest BCUT2D eigenvalue weighted by atomic mass is 9.94. The lowest BCUT2D eigenvalue weighted by molar-refractivity contribution is -0.146. The number of hydrogen-bond acceptors (Lipinski definition) is 4. The average Bonchev–Trinajstić information content (AvgIpc) is 3.06. The van der Waals surface area contributed by atoms with Gasteiger partial charge in [0.15, 0.2) is 0 Å². The number of aliphatic carboxylic acids is 1. The third kappa shape index (κ3) is 6.68. The molecule has 118 valence electrons. The van der Waals surface area contributed by atoms with Gasteiger partial charge in [0.1, 0.15) is 5.54 Å². The molecule has 0 bridgehead atoms. The molecular formula is C15H29NO4. The van der Waals surface area contributed by atoms with Gasteiger partial charge in [0.05, 0.1) is 24.9 Å². The van der Waals surface area contributed by atoms with Crippen molar-refractivity contribution in [3.05, 3.63) is 0 Å². The number of carbonyl (C=O) groups is 1. The second-order valence-electron chi connectivity index (χ2n) is 6.90. The zero-order valence-electron chi connectivity index (χ0n) is 13.4. The van der Waals surface area contributed by atoms with Crippen molar-refractivity contribution in [1.29, 1.82) is 0 Å². The Hall–Kier alpha value is -0.650. The summed E-state index contributed by atoms with van der Waals surface area (Å²) in [5.74, 6) is -0.814. The van der Waals surface area contributed by atoms with Crippen LogP contribution < -0.4 is 5.32 Å². The maximum atomic E-state index is 11.4. The molecule has 0 aliphatic heterocycles. The van der Waals surface area contributed by atoms with Gasteiger partial charge in [-0.05, 0) is 47.5 Å². The minimum atomic E-state index is -0.911. The number of nitrogens with one attached hydrogen (secondary N) is 1. The summed E-state index contributed by atoms with van der Waals surface area (Å²) in [6.07, 6.45) is 2.47. The van der Waals surface area contributed by atoms with Crippen molar-refractivity contribution in [1.82, 2.24) is 5.32 Å². The molecule has 0 spiro atoms. The van der Waals surface area contributed by atoms with Crippen molar-refractivity contribution >= 4 is 5.97 Å². The molecule has 0 heterocycles. The third-order valence-electron chi connectivity index (χ3n) is 3.29. The van der Waals surface area contributed by atoms with Gasteiger partial charge in [-0.25, -0.2) is 0 Å². The van der Waals surface area contributed by atoms with Crippen molar-refractivity contribution < 1.29 is 19.4 Å². The second kappa shape index (κ2) is 6.87. The van der Waals surface area contributed by atoms with E-state index in [0.29, 0.717) is 25.7 Å². The van der Waals surface area contributed by atoms with Gasteiger partial charge in [0.25, 0.3) is 0 Å². The zero-order valence-corrected chi connectivity index (χ0v) is 13.4. The van der Waals surface area contributed by atoms with E-state index in [2.05, 4.69) is 5.32 Å². The molecule has 1 fully saturated rings. The summed E-state index contributed by atoms with van der Waals surface area (Å²) < 4.78 is 11.2. The Kier molecular flexibility index (Phi) is 5.98. The van der Waals surface area contributed by atoms with Crippen LogP contribution in [0.3, 0.4) is 0 Å². The van der Waals surface area contributed by atoms with Gasteiger partial charge in [0, 0.05) is 12.5 Å². The molecule has 1 saturated carbocycles. The largest absolute Gasteiger partial charge is 0.480 e. The van der Waals surface area contributed by atoms with E-state index in [0.717, 1.165) is 12.8 Å². The maximum Gasteiger partial charge on any atom is 0.323 e. The van der Waals surface area contributed by atoms with Crippen molar-refractivity contribution in [2.24, 2.45) is 0 Å². The Labute approximate surface area is 122 Å². The number of ether oxygens (including phenoxy) is 2. The van der Waals surface area contributed by atoms with E-state index in [1.165, 1.54) is 0 Å². The van der Waals surface area contributed by atoms with Gasteiger partial charge < -0.3 is 14.6 Å². The third-order valence-corrected chi connectivity index (χ3v) is 3.29. The van der Waals surface area contributed by atoms with E-state index in [-0.39, 0.29) is 11.7 Å². The summed E-state index contributed by atoms with van der Waals surface area (Å²) >= 11 is 0. The normalized spacial score (nSPS) is 20.4. The molecular weight excluding hydrogens is 258 g/mol. The first-order valence-electron chi connectivity index (χ1n) is 7.39. The monoisotopic (exact) mass is 287 g/mol. The lowest BCUT2D eigenvalue weighted by Crippen LogP contribution is -2.52. The Morgan fingerprint density at radius 1 is 1.30 bits per heavy atom. The van der Waals surface area contributed by atoms with Crippen LogP contribution in [0.4, 0.5) is 0 Å². The molecule has 0 aromatic rings. The smallest absolute Gasteiger partial charge is 0.323 e. The zero-order chi connectivity index (χ0) is 15.4. The van der Waals surface area contributed by atoms with Crippen molar-refractivity contribution in [2.75, 3.05) is 13.2 Å². The first-order chi connectivity index (χ1) is 9.12. The molecule has 20 heavy (non-hydrogen) atoms. The van der Waals surface area contributed by atoms with Gasteiger partial charge in [0.2, 0.25) is 0 Å². The number of hydrogen-bond donors (Lipinski definition) is 2. The summed E-state index contributed by atoms with van der Waals surface area (Å²) in [6.45, 7) is 10.6. The highest BCUT2D eigenvalue weighted by Crippen LogP contribution is 2.25. The van der Waals surface area contributed by atoms with Crippen LogP contribution in [0.25, 0.3) is 0 Å². The second-order valence-corrected chi connectivity index (χ2v) is 6.90. The van der Waals surface area contributed by atoms with E-state index >= 15 is 0 Å². The summed E-state index contributed by atoms with van der Waals surface area (Å²) in [5.41, 5.74) is -1.08. The molecule has 5 heteroatoms. The molecule has 0 saturated heterocycles. The van der Waals surface area contributed by atoms with Gasteiger partial charge in [-0.15, -0.1) is 0 Å². The predicted molar refractivity (Wildman–Crippen MR) is 77.9 cm³/mol. The van der Waals surface area contributed by atoms with Crippen LogP contribution in [0.15, 0.2) is 0 Å². The van der Waals surface area contributed by atoms with Crippen LogP contribution in [-0.2, 0) is 14.3 Å². The summed E-state index contributed by atoms with van der Waals surface area (Å²) in [5, 5.41) is 12.6. The number of carboxylic acid groups (broad SMARTS) is 1. The van der Waals surface area contributed by atoms with Crippen LogP contribution in [0.2, 0.25) is 0 Å². The van der Waals surface area contributed by atoms with E-state index in [4.69, 9.17) is 9.47 Å². The molecule has 1 rings (SSSR count). The van der Waals surface area contributed by atoms with Crippen LogP contribution in [0, 0.1) is 0 Å². The standard InChI is InChI=1S/C15H29NO4/c1-11(19-8-9-20-14(2,3)4)10-15(5,13(17)18)16-12-6-7-12/h11-12,16H,6-10H2,1-5H3,(H,17,18). The van der Waals surface area contributed by atoms with Crippen LogP contribution >= 0.6 is 0 Å². The van der Waals surface area contributed by atoms with E-state index in [1.807, 2.05) is 27.7 Å². The Morgan fingerprint density at radius 3 is 2.35 bits per heavy atom. The molecule has 1 aliphatic carbocycles. The fourth-order valence-electron chi connectivity index (χ4n) is 2.12. The van der Waals surface area contributed by atoms with E-state index in [9.17, 15) is 9.90 Å². The topological polar surface area (TPSA) is 67.8 Å². The highest BCUT2D eigenvalue weighted by atomic mass is 16.5. The van der Waals surface area contributed by atoms with Crippen molar-refractivity contribution in [2.45, 2.75) is 77.2 Å². The highest BCUT2D eigenvalue weighted by Gasteiger charge is 2.39. The van der Waals surface area contributed by atoms with Crippen molar-refractivity contribution in [3.8, 4) is 0 Å². The van der Waals surface area contributed by atoms with Crippen molar-refractivity contribution in [3.63, 3.8) is 0 Å². The Bertz CT molecular complexity index is 322. The average molecular weight is 287 g/mol. The fourth-order valence-corrected chi connectivity index (χ4v) is 2.12. The van der Waals surface area contributed by atoms with Gasteiger partial charge >= 0.3 is 5.97 Å². The Morgan fingerprint density at radius 2 is 1.90 bits per heavy atom. The molecule has 1 aliphatic rings. The predicted octanol–water partition coefficient (Wildman–Crippen LogP) is 2.19. The molecule has 2 unspecified atom stereocenters. The molecule has 2 atom stereocenters. The summed E-state index contributed by atoms with van der Waals surface area (Å²) in [6, 6.07) is 0.354. The first-order valence-corrected chi connectivity index (χ1v) is 7.39. The fraction of sp³-hybridized carbons (Fsp3) is 0.933. The maximum absolute atomic E-state index is 11.4. The highest BCUT2D eigenvalue weighted by molar-refractivity contribution is 5.78. The lowest BCUT2D eigenvalue weighted by Gasteiger charge is -2.29.